The Kier molecular flexibility index (Phi) is 5.18. The Labute approximate surface area is 170 Å². The van der Waals surface area contributed by atoms with Gasteiger partial charge in [0.15, 0.2) is 5.58 Å². The van der Waals surface area contributed by atoms with E-state index in [-0.39, 0.29) is 5.69 Å². The van der Waals surface area contributed by atoms with Crippen molar-refractivity contribution < 1.29 is 9.34 Å². The second-order valence-electron chi connectivity index (χ2n) is 6.13. The highest BCUT2D eigenvalue weighted by molar-refractivity contribution is 6.31. The van der Waals surface area contributed by atoms with Gasteiger partial charge >= 0.3 is 0 Å². The van der Waals surface area contributed by atoms with Crippen molar-refractivity contribution in [2.45, 2.75) is 0 Å². The number of allylic oxidation sites excluding steroid dienone is 1. The number of para-hydroxylation sites is 1. The Morgan fingerprint density at radius 3 is 2.66 bits per heavy atom. The first-order valence-electron chi connectivity index (χ1n) is 8.71. The van der Waals surface area contributed by atoms with Gasteiger partial charge in [-0.2, -0.15) is 0 Å². The number of oxazole rings is 1. The molecule has 0 saturated carbocycles. The summed E-state index contributed by atoms with van der Waals surface area (Å²) in [5.41, 5.74) is 3.52. The number of hydrogen-bond acceptors (Lipinski definition) is 5. The van der Waals surface area contributed by atoms with Crippen LogP contribution in [-0.2, 0) is 0 Å². The lowest BCUT2D eigenvalue weighted by Gasteiger charge is -1.97. The molecule has 0 N–H and O–H groups in total. The first kappa shape index (κ1) is 18.6. The van der Waals surface area contributed by atoms with Crippen LogP contribution in [0, 0.1) is 10.1 Å². The third-order valence-electron chi connectivity index (χ3n) is 4.18. The smallest absolute Gasteiger partial charge is 0.276 e. The summed E-state index contributed by atoms with van der Waals surface area (Å²) >= 11 is 5.98. The van der Waals surface area contributed by atoms with Crippen molar-refractivity contribution in [3.8, 4) is 11.5 Å². The highest BCUT2D eigenvalue weighted by Gasteiger charge is 2.09. The Bertz CT molecular complexity index is 1240. The number of rotatable bonds is 5. The zero-order chi connectivity index (χ0) is 20.2. The number of hydrogen-bond donors (Lipinski definition) is 0. The van der Waals surface area contributed by atoms with Crippen LogP contribution in [-0.4, -0.2) is 16.1 Å². The van der Waals surface area contributed by atoms with E-state index in [1.807, 2.05) is 24.3 Å². The number of aromatic nitrogens is 1. The van der Waals surface area contributed by atoms with Gasteiger partial charge in [0.2, 0.25) is 5.89 Å². The van der Waals surface area contributed by atoms with Crippen LogP contribution in [0.1, 0.15) is 5.56 Å². The molecule has 0 aliphatic carbocycles. The summed E-state index contributed by atoms with van der Waals surface area (Å²) in [5.74, 6) is 0.508. The molecule has 0 aliphatic heterocycles. The molecule has 1 heterocycles. The predicted octanol–water partition coefficient (Wildman–Crippen LogP) is 6.47. The van der Waals surface area contributed by atoms with Gasteiger partial charge in [-0.1, -0.05) is 23.7 Å². The molecular formula is C22H14ClN3O3. The molecule has 4 rings (SSSR count). The molecule has 142 valence electrons. The second-order valence-corrected chi connectivity index (χ2v) is 6.57. The largest absolute Gasteiger partial charge is 0.436 e. The predicted molar refractivity (Wildman–Crippen MR) is 115 cm³/mol. The standard InChI is InChI=1S/C22H14ClN3O3/c23-17-9-12-21-19(14-17)25-22(29-21)16-7-10-18(11-8-16)24-13-3-5-15-4-1-2-6-20(15)26(27)28/h1-14H. The van der Waals surface area contributed by atoms with E-state index < -0.39 is 4.92 Å². The molecule has 0 saturated heterocycles. The van der Waals surface area contributed by atoms with Crippen LogP contribution in [0.25, 0.3) is 28.6 Å². The quantitative estimate of drug-likeness (QED) is 0.217. The van der Waals surface area contributed by atoms with E-state index in [9.17, 15) is 10.1 Å². The summed E-state index contributed by atoms with van der Waals surface area (Å²) < 4.78 is 5.75. The number of nitrogens with zero attached hydrogens (tertiary/aromatic N) is 3. The first-order valence-corrected chi connectivity index (χ1v) is 9.09. The molecule has 29 heavy (non-hydrogen) atoms. The van der Waals surface area contributed by atoms with Crippen molar-refractivity contribution >= 4 is 46.4 Å². The molecule has 0 fully saturated rings. The van der Waals surface area contributed by atoms with E-state index in [2.05, 4.69) is 9.98 Å². The van der Waals surface area contributed by atoms with Crippen molar-refractivity contribution in [3.63, 3.8) is 0 Å². The molecule has 4 aromatic rings. The average Bonchev–Trinajstić information content (AvgIpc) is 3.15. The van der Waals surface area contributed by atoms with Gasteiger partial charge < -0.3 is 4.42 Å². The average molecular weight is 404 g/mol. The maximum atomic E-state index is 11.0. The normalized spacial score (nSPS) is 11.6. The summed E-state index contributed by atoms with van der Waals surface area (Å²) in [7, 11) is 0. The summed E-state index contributed by atoms with van der Waals surface area (Å²) in [6.45, 7) is 0. The summed E-state index contributed by atoms with van der Waals surface area (Å²) in [4.78, 5) is 19.4. The molecule has 0 radical (unpaired) electrons. The van der Waals surface area contributed by atoms with Crippen LogP contribution >= 0.6 is 11.6 Å². The van der Waals surface area contributed by atoms with E-state index in [4.69, 9.17) is 16.0 Å². The number of halogens is 1. The third kappa shape index (κ3) is 4.23. The zero-order valence-electron chi connectivity index (χ0n) is 15.0. The van der Waals surface area contributed by atoms with Gasteiger partial charge in [0.1, 0.15) is 5.52 Å². The topological polar surface area (TPSA) is 81.5 Å². The number of nitro groups is 1. The number of aliphatic imine (C=N–C) groups is 1. The van der Waals surface area contributed by atoms with Crippen LogP contribution in [0.3, 0.4) is 0 Å². The molecule has 6 nitrogen and oxygen atoms in total. The molecule has 0 aliphatic rings. The Balaban J connectivity index is 1.48. The minimum absolute atomic E-state index is 0.0566. The minimum Gasteiger partial charge on any atom is -0.436 e. The first-order chi connectivity index (χ1) is 14.1. The number of benzene rings is 3. The maximum Gasteiger partial charge on any atom is 0.276 e. The van der Waals surface area contributed by atoms with Gasteiger partial charge in [-0.15, -0.1) is 0 Å². The van der Waals surface area contributed by atoms with E-state index >= 15 is 0 Å². The van der Waals surface area contributed by atoms with Gasteiger partial charge in [0.25, 0.3) is 5.69 Å². The maximum absolute atomic E-state index is 11.0. The molecule has 7 heteroatoms. The Morgan fingerprint density at radius 2 is 1.86 bits per heavy atom. The molecular weight excluding hydrogens is 390 g/mol. The SMILES string of the molecule is O=[N+]([O-])c1ccccc1C=CC=Nc1ccc(-c2nc3cc(Cl)ccc3o2)cc1. The zero-order valence-corrected chi connectivity index (χ0v) is 15.8. The van der Waals surface area contributed by atoms with Crippen molar-refractivity contribution in [1.82, 2.24) is 4.98 Å². The van der Waals surface area contributed by atoms with Crippen LogP contribution < -0.4 is 0 Å². The fraction of sp³-hybridized carbons (Fsp3) is 0. The van der Waals surface area contributed by atoms with Crippen molar-refractivity contribution in [2.24, 2.45) is 4.99 Å². The van der Waals surface area contributed by atoms with Crippen LogP contribution in [0.15, 0.2) is 82.2 Å². The number of nitro benzene ring substituents is 1. The molecule has 1 aromatic heterocycles. The van der Waals surface area contributed by atoms with Crippen molar-refractivity contribution in [2.75, 3.05) is 0 Å². The van der Waals surface area contributed by atoms with E-state index in [1.165, 1.54) is 6.07 Å². The van der Waals surface area contributed by atoms with E-state index in [0.29, 0.717) is 27.6 Å². The molecule has 0 atom stereocenters. The van der Waals surface area contributed by atoms with Gasteiger partial charge in [-0.25, -0.2) is 4.98 Å². The molecule has 0 bridgehead atoms. The molecule has 0 unspecified atom stereocenters. The highest BCUT2D eigenvalue weighted by Crippen LogP contribution is 2.27. The molecule has 3 aromatic carbocycles. The third-order valence-corrected chi connectivity index (χ3v) is 4.42. The fourth-order valence-electron chi connectivity index (χ4n) is 2.78. The van der Waals surface area contributed by atoms with Gasteiger partial charge in [0.05, 0.1) is 16.2 Å². The van der Waals surface area contributed by atoms with Gasteiger partial charge in [-0.3, -0.25) is 15.1 Å². The van der Waals surface area contributed by atoms with Gasteiger partial charge in [-0.05, 0) is 60.7 Å². The van der Waals surface area contributed by atoms with Crippen molar-refractivity contribution in [1.29, 1.82) is 0 Å². The fourth-order valence-corrected chi connectivity index (χ4v) is 2.95. The summed E-state index contributed by atoms with van der Waals surface area (Å²) in [6.07, 6.45) is 4.91. The van der Waals surface area contributed by atoms with E-state index in [1.54, 1.807) is 54.8 Å². The van der Waals surface area contributed by atoms with Crippen LogP contribution in [0.5, 0.6) is 0 Å². The Hall–Kier alpha value is -3.77. The summed E-state index contributed by atoms with van der Waals surface area (Å²) in [6, 6.07) is 19.3. The van der Waals surface area contributed by atoms with Crippen LogP contribution in [0.2, 0.25) is 5.02 Å². The highest BCUT2D eigenvalue weighted by atomic mass is 35.5. The van der Waals surface area contributed by atoms with E-state index in [0.717, 1.165) is 11.3 Å². The lowest BCUT2D eigenvalue weighted by atomic mass is 10.1. The molecule has 0 amide bonds. The van der Waals surface area contributed by atoms with Crippen molar-refractivity contribution in [3.05, 3.63) is 93.5 Å². The number of fused-ring (bicyclic) bond motifs is 1. The van der Waals surface area contributed by atoms with Gasteiger partial charge in [0, 0.05) is 22.9 Å². The van der Waals surface area contributed by atoms with Crippen LogP contribution in [0.4, 0.5) is 11.4 Å². The lowest BCUT2D eigenvalue weighted by molar-refractivity contribution is -0.385. The molecule has 0 spiro atoms. The second kappa shape index (κ2) is 8.08. The monoisotopic (exact) mass is 403 g/mol. The summed E-state index contributed by atoms with van der Waals surface area (Å²) in [5, 5.41) is 11.6. The Morgan fingerprint density at radius 1 is 1.07 bits per heavy atom. The lowest BCUT2D eigenvalue weighted by Crippen LogP contribution is -1.90. The minimum atomic E-state index is -0.407.